The number of nitrogens with zero attached hydrogens (tertiary/aromatic N) is 1. The average Bonchev–Trinajstić information content (AvgIpc) is 2.90. The van der Waals surface area contributed by atoms with Gasteiger partial charge in [0.05, 0.1) is 0 Å². The van der Waals surface area contributed by atoms with Gasteiger partial charge in [-0.05, 0) is 50.6 Å². The maximum Gasteiger partial charge on any atom is 0.00952 e. The molecule has 100 valence electrons. The van der Waals surface area contributed by atoms with Crippen LogP contribution in [0.15, 0.2) is 0 Å². The monoisotopic (exact) mass is 238 g/mol. The fourth-order valence-electron chi connectivity index (χ4n) is 3.94. The zero-order valence-electron chi connectivity index (χ0n) is 11.5. The van der Waals surface area contributed by atoms with Crippen LogP contribution >= 0.6 is 0 Å². The summed E-state index contributed by atoms with van der Waals surface area (Å²) in [5.74, 6) is 1.69. The highest BCUT2D eigenvalue weighted by Gasteiger charge is 2.28. The molecule has 0 aromatic carbocycles. The first-order valence-corrected chi connectivity index (χ1v) is 7.79. The molecule has 0 aliphatic heterocycles. The summed E-state index contributed by atoms with van der Waals surface area (Å²) < 4.78 is 0. The zero-order chi connectivity index (χ0) is 12.1. The van der Waals surface area contributed by atoms with Crippen molar-refractivity contribution >= 4 is 0 Å². The molecule has 0 heterocycles. The Kier molecular flexibility index (Phi) is 5.30. The summed E-state index contributed by atoms with van der Waals surface area (Å²) in [6, 6.07) is 0.889. The lowest BCUT2D eigenvalue weighted by Crippen LogP contribution is -2.41. The van der Waals surface area contributed by atoms with Crippen LogP contribution in [0.3, 0.4) is 0 Å². The van der Waals surface area contributed by atoms with E-state index < -0.39 is 0 Å². The number of hydrogen-bond acceptors (Lipinski definition) is 2. The Morgan fingerprint density at radius 3 is 2.12 bits per heavy atom. The van der Waals surface area contributed by atoms with Crippen molar-refractivity contribution in [1.29, 1.82) is 0 Å². The van der Waals surface area contributed by atoms with Crippen LogP contribution in [-0.4, -0.2) is 30.6 Å². The van der Waals surface area contributed by atoms with E-state index in [2.05, 4.69) is 11.8 Å². The van der Waals surface area contributed by atoms with Gasteiger partial charge in [0.25, 0.3) is 0 Å². The highest BCUT2D eigenvalue weighted by molar-refractivity contribution is 4.83. The van der Waals surface area contributed by atoms with Crippen LogP contribution in [-0.2, 0) is 0 Å². The standard InChI is InChI=1S/C15H30N2/c1-2-17(15-9-5-6-10-15)12-14-8-4-3-7-13(14)11-16/h13-15H,2-12,16H2,1H3. The maximum atomic E-state index is 5.95. The molecule has 17 heavy (non-hydrogen) atoms. The van der Waals surface area contributed by atoms with Gasteiger partial charge >= 0.3 is 0 Å². The van der Waals surface area contributed by atoms with Crippen LogP contribution in [0.25, 0.3) is 0 Å². The molecular weight excluding hydrogens is 208 g/mol. The van der Waals surface area contributed by atoms with Crippen molar-refractivity contribution in [2.75, 3.05) is 19.6 Å². The predicted molar refractivity (Wildman–Crippen MR) is 74.0 cm³/mol. The topological polar surface area (TPSA) is 29.3 Å². The lowest BCUT2D eigenvalue weighted by Gasteiger charge is -2.37. The Balaban J connectivity index is 1.87. The van der Waals surface area contributed by atoms with E-state index in [4.69, 9.17) is 5.73 Å². The molecule has 0 spiro atoms. The quantitative estimate of drug-likeness (QED) is 0.798. The van der Waals surface area contributed by atoms with Gasteiger partial charge < -0.3 is 10.6 Å². The molecule has 0 aromatic heterocycles. The Morgan fingerprint density at radius 1 is 0.941 bits per heavy atom. The van der Waals surface area contributed by atoms with E-state index in [-0.39, 0.29) is 0 Å². The molecule has 0 aromatic rings. The van der Waals surface area contributed by atoms with Crippen molar-refractivity contribution in [2.24, 2.45) is 17.6 Å². The van der Waals surface area contributed by atoms with Crippen molar-refractivity contribution in [3.63, 3.8) is 0 Å². The molecule has 0 radical (unpaired) electrons. The Labute approximate surface area is 107 Å². The van der Waals surface area contributed by atoms with E-state index in [9.17, 15) is 0 Å². The van der Waals surface area contributed by atoms with Gasteiger partial charge in [-0.25, -0.2) is 0 Å². The first-order chi connectivity index (χ1) is 8.35. The summed E-state index contributed by atoms with van der Waals surface area (Å²) >= 11 is 0. The van der Waals surface area contributed by atoms with E-state index >= 15 is 0 Å². The second-order valence-corrected chi connectivity index (χ2v) is 6.07. The summed E-state index contributed by atoms with van der Waals surface area (Å²) in [6.07, 6.45) is 11.4. The van der Waals surface area contributed by atoms with E-state index in [1.165, 1.54) is 64.5 Å². The molecule has 2 rings (SSSR count). The SMILES string of the molecule is CCN(CC1CCCCC1CN)C1CCCC1. The molecular formula is C15H30N2. The van der Waals surface area contributed by atoms with Crippen molar-refractivity contribution < 1.29 is 0 Å². The second kappa shape index (κ2) is 6.75. The maximum absolute atomic E-state index is 5.95. The van der Waals surface area contributed by atoms with Crippen LogP contribution < -0.4 is 5.73 Å². The fourth-order valence-corrected chi connectivity index (χ4v) is 3.94. The first-order valence-electron chi connectivity index (χ1n) is 7.79. The molecule has 2 saturated carbocycles. The second-order valence-electron chi connectivity index (χ2n) is 6.07. The van der Waals surface area contributed by atoms with Crippen molar-refractivity contribution in [3.8, 4) is 0 Å². The van der Waals surface area contributed by atoms with E-state index in [0.717, 1.165) is 24.4 Å². The summed E-state index contributed by atoms with van der Waals surface area (Å²) in [5, 5.41) is 0. The van der Waals surface area contributed by atoms with E-state index in [1.807, 2.05) is 0 Å². The summed E-state index contributed by atoms with van der Waals surface area (Å²) in [5.41, 5.74) is 5.95. The molecule has 2 atom stereocenters. The van der Waals surface area contributed by atoms with Crippen molar-refractivity contribution in [1.82, 2.24) is 4.90 Å². The van der Waals surface area contributed by atoms with Gasteiger partial charge in [-0.1, -0.05) is 32.6 Å². The van der Waals surface area contributed by atoms with Crippen LogP contribution in [0.2, 0.25) is 0 Å². The number of rotatable bonds is 5. The minimum Gasteiger partial charge on any atom is -0.330 e. The van der Waals surface area contributed by atoms with Crippen molar-refractivity contribution in [3.05, 3.63) is 0 Å². The lowest BCUT2D eigenvalue weighted by molar-refractivity contribution is 0.124. The van der Waals surface area contributed by atoms with Gasteiger partial charge in [-0.3, -0.25) is 0 Å². The highest BCUT2D eigenvalue weighted by atomic mass is 15.2. The fraction of sp³-hybridized carbons (Fsp3) is 1.00. The average molecular weight is 238 g/mol. The third-order valence-corrected chi connectivity index (χ3v) is 5.09. The molecule has 2 aliphatic rings. The number of nitrogens with two attached hydrogens (primary N) is 1. The Bertz CT molecular complexity index is 209. The highest BCUT2D eigenvalue weighted by Crippen LogP contribution is 2.32. The minimum absolute atomic E-state index is 0.805. The molecule has 2 fully saturated rings. The lowest BCUT2D eigenvalue weighted by atomic mass is 9.79. The summed E-state index contributed by atoms with van der Waals surface area (Å²) in [4.78, 5) is 2.76. The molecule has 2 nitrogen and oxygen atoms in total. The molecule has 0 amide bonds. The number of hydrogen-bond donors (Lipinski definition) is 1. The largest absolute Gasteiger partial charge is 0.330 e. The zero-order valence-corrected chi connectivity index (χ0v) is 11.5. The molecule has 2 heteroatoms. The smallest absolute Gasteiger partial charge is 0.00952 e. The summed E-state index contributed by atoms with van der Waals surface area (Å²) in [7, 11) is 0. The molecule has 0 saturated heterocycles. The van der Waals surface area contributed by atoms with Gasteiger partial charge in [0.1, 0.15) is 0 Å². The van der Waals surface area contributed by atoms with Gasteiger partial charge in [-0.15, -0.1) is 0 Å². The van der Waals surface area contributed by atoms with Crippen LogP contribution in [0, 0.1) is 11.8 Å². The first kappa shape index (κ1) is 13.4. The molecule has 2 N–H and O–H groups in total. The van der Waals surface area contributed by atoms with Crippen LogP contribution in [0.4, 0.5) is 0 Å². The van der Waals surface area contributed by atoms with Crippen LogP contribution in [0.1, 0.15) is 58.3 Å². The Morgan fingerprint density at radius 2 is 1.53 bits per heavy atom. The summed E-state index contributed by atoms with van der Waals surface area (Å²) in [6.45, 7) is 5.80. The normalized spacial score (nSPS) is 31.2. The van der Waals surface area contributed by atoms with E-state index in [1.54, 1.807) is 0 Å². The van der Waals surface area contributed by atoms with Crippen molar-refractivity contribution in [2.45, 2.75) is 64.3 Å². The molecule has 2 unspecified atom stereocenters. The van der Waals surface area contributed by atoms with Gasteiger partial charge in [-0.2, -0.15) is 0 Å². The Hall–Kier alpha value is -0.0800. The minimum atomic E-state index is 0.805. The molecule has 2 aliphatic carbocycles. The molecule has 0 bridgehead atoms. The van der Waals surface area contributed by atoms with Gasteiger partial charge in [0, 0.05) is 12.6 Å². The predicted octanol–water partition coefficient (Wildman–Crippen LogP) is 3.02. The van der Waals surface area contributed by atoms with Gasteiger partial charge in [0.15, 0.2) is 0 Å². The third kappa shape index (κ3) is 3.45. The van der Waals surface area contributed by atoms with E-state index in [0.29, 0.717) is 0 Å². The van der Waals surface area contributed by atoms with Gasteiger partial charge in [0.2, 0.25) is 0 Å². The third-order valence-electron chi connectivity index (χ3n) is 5.09. The van der Waals surface area contributed by atoms with Crippen LogP contribution in [0.5, 0.6) is 0 Å².